The molecule has 0 spiro atoms. The van der Waals surface area contributed by atoms with E-state index in [1.807, 2.05) is 23.6 Å². The first kappa shape index (κ1) is 10.4. The summed E-state index contributed by atoms with van der Waals surface area (Å²) in [4.78, 5) is 10.3. The molecule has 1 aromatic carbocycles. The molecule has 0 unspecified atom stereocenters. The van der Waals surface area contributed by atoms with Gasteiger partial charge in [0, 0.05) is 9.72 Å². The van der Waals surface area contributed by atoms with E-state index in [1.165, 1.54) is 0 Å². The lowest BCUT2D eigenvalue weighted by Gasteiger charge is -2.06. The number of nitrogens with zero attached hydrogens (tertiary/aromatic N) is 1. The van der Waals surface area contributed by atoms with Gasteiger partial charge in [0.25, 0.3) is 0 Å². The maximum atomic E-state index is 10.3. The Bertz CT molecular complexity index is 497. The Kier molecular flexibility index (Phi) is 2.90. The van der Waals surface area contributed by atoms with Gasteiger partial charge >= 0.3 is 0 Å². The molecular weight excluding hydrogens is 234 g/mol. The minimum Gasteiger partial charge on any atom is -0.286 e. The molecule has 0 saturated carbocycles. The molecule has 0 saturated heterocycles. The molecule has 2 aromatic rings. The van der Waals surface area contributed by atoms with Gasteiger partial charge in [-0.15, -0.1) is 11.3 Å². The number of thiophene rings is 1. The number of benzene rings is 1. The molecule has 1 heterocycles. The SMILES string of the molecule is O=CN(O)Cc1csc2ccc(Cl)cc12. The standard InChI is InChI=1S/C10H8ClNO2S/c11-8-1-2-10-9(3-8)7(5-15-10)4-12(14)6-13/h1-3,5-6,14H,4H2. The molecule has 0 atom stereocenters. The molecule has 5 heteroatoms. The average molecular weight is 242 g/mol. The van der Waals surface area contributed by atoms with Gasteiger partial charge in [0.15, 0.2) is 0 Å². The molecule has 0 aliphatic heterocycles. The predicted octanol–water partition coefficient (Wildman–Crippen LogP) is 2.90. The van der Waals surface area contributed by atoms with Crippen LogP contribution >= 0.6 is 22.9 Å². The van der Waals surface area contributed by atoms with Crippen LogP contribution < -0.4 is 0 Å². The Morgan fingerprint density at radius 1 is 1.53 bits per heavy atom. The van der Waals surface area contributed by atoms with Gasteiger partial charge in [-0.2, -0.15) is 0 Å². The molecule has 0 fully saturated rings. The number of carbonyl (C=O) groups is 1. The van der Waals surface area contributed by atoms with Gasteiger partial charge < -0.3 is 0 Å². The Morgan fingerprint density at radius 3 is 3.07 bits per heavy atom. The Morgan fingerprint density at radius 2 is 2.33 bits per heavy atom. The van der Waals surface area contributed by atoms with Crippen molar-refractivity contribution in [2.45, 2.75) is 6.54 Å². The molecule has 0 bridgehead atoms. The van der Waals surface area contributed by atoms with Crippen molar-refractivity contribution in [2.24, 2.45) is 0 Å². The fourth-order valence-electron chi connectivity index (χ4n) is 1.39. The van der Waals surface area contributed by atoms with Crippen LogP contribution in [0.2, 0.25) is 5.02 Å². The van der Waals surface area contributed by atoms with E-state index in [4.69, 9.17) is 16.8 Å². The van der Waals surface area contributed by atoms with Gasteiger partial charge in [-0.1, -0.05) is 11.6 Å². The summed E-state index contributed by atoms with van der Waals surface area (Å²) in [5.74, 6) is 0. The minimum atomic E-state index is 0.184. The summed E-state index contributed by atoms with van der Waals surface area (Å²) in [7, 11) is 0. The number of hydroxylamine groups is 2. The fourth-order valence-corrected chi connectivity index (χ4v) is 2.49. The molecule has 1 amide bonds. The van der Waals surface area contributed by atoms with E-state index >= 15 is 0 Å². The summed E-state index contributed by atoms with van der Waals surface area (Å²) in [6.45, 7) is 0.184. The van der Waals surface area contributed by atoms with Crippen molar-refractivity contribution in [1.82, 2.24) is 5.06 Å². The van der Waals surface area contributed by atoms with Crippen molar-refractivity contribution >= 4 is 39.4 Å². The van der Waals surface area contributed by atoms with Crippen LogP contribution in [0.4, 0.5) is 0 Å². The fraction of sp³-hybridized carbons (Fsp3) is 0.100. The van der Waals surface area contributed by atoms with Crippen LogP contribution in [0, 0.1) is 0 Å². The van der Waals surface area contributed by atoms with E-state index in [9.17, 15) is 4.79 Å². The van der Waals surface area contributed by atoms with Crippen molar-refractivity contribution in [3.63, 3.8) is 0 Å². The Balaban J connectivity index is 2.43. The second kappa shape index (κ2) is 4.18. The number of fused-ring (bicyclic) bond motifs is 1. The van der Waals surface area contributed by atoms with Gasteiger partial charge in [-0.05, 0) is 34.5 Å². The highest BCUT2D eigenvalue weighted by molar-refractivity contribution is 7.17. The normalized spacial score (nSPS) is 10.5. The number of amides is 1. The largest absolute Gasteiger partial charge is 0.286 e. The van der Waals surface area contributed by atoms with Crippen LogP contribution in [0.1, 0.15) is 5.56 Å². The van der Waals surface area contributed by atoms with E-state index < -0.39 is 0 Å². The van der Waals surface area contributed by atoms with Crippen LogP contribution in [0.3, 0.4) is 0 Å². The van der Waals surface area contributed by atoms with Crippen LogP contribution in [0.25, 0.3) is 10.1 Å². The Labute approximate surface area is 95.5 Å². The quantitative estimate of drug-likeness (QED) is 0.510. The van der Waals surface area contributed by atoms with Crippen LogP contribution in [-0.4, -0.2) is 16.7 Å². The van der Waals surface area contributed by atoms with Gasteiger partial charge in [-0.3, -0.25) is 10.0 Å². The first-order valence-electron chi connectivity index (χ1n) is 4.27. The maximum Gasteiger partial charge on any atom is 0.233 e. The highest BCUT2D eigenvalue weighted by Crippen LogP contribution is 2.29. The summed E-state index contributed by atoms with van der Waals surface area (Å²) in [6, 6.07) is 5.58. The van der Waals surface area contributed by atoms with Crippen molar-refractivity contribution < 1.29 is 10.0 Å². The van der Waals surface area contributed by atoms with Gasteiger partial charge in [0.2, 0.25) is 6.41 Å². The van der Waals surface area contributed by atoms with Crippen molar-refractivity contribution in [3.05, 3.63) is 34.2 Å². The Hall–Kier alpha value is -1.10. The lowest BCUT2D eigenvalue weighted by atomic mass is 10.2. The molecule has 0 aliphatic rings. The van der Waals surface area contributed by atoms with Gasteiger partial charge in [0.1, 0.15) is 0 Å². The number of hydrogen-bond acceptors (Lipinski definition) is 3. The number of carbonyl (C=O) groups excluding carboxylic acids is 1. The lowest BCUT2D eigenvalue weighted by molar-refractivity contribution is -0.152. The molecule has 0 aliphatic carbocycles. The maximum absolute atomic E-state index is 10.3. The third-order valence-corrected chi connectivity index (χ3v) is 3.32. The third kappa shape index (κ3) is 2.12. The minimum absolute atomic E-state index is 0.184. The molecule has 15 heavy (non-hydrogen) atoms. The highest BCUT2D eigenvalue weighted by atomic mass is 35.5. The van der Waals surface area contributed by atoms with Crippen LogP contribution in [0.15, 0.2) is 23.6 Å². The predicted molar refractivity (Wildman–Crippen MR) is 60.2 cm³/mol. The van der Waals surface area contributed by atoms with Crippen LogP contribution in [-0.2, 0) is 11.3 Å². The molecule has 0 radical (unpaired) electrons. The number of halogens is 1. The first-order chi connectivity index (χ1) is 7.20. The summed E-state index contributed by atoms with van der Waals surface area (Å²) in [5.41, 5.74) is 0.895. The number of hydrogen-bond donors (Lipinski definition) is 1. The molecule has 3 nitrogen and oxygen atoms in total. The summed E-state index contributed by atoms with van der Waals surface area (Å²) < 4.78 is 1.09. The summed E-state index contributed by atoms with van der Waals surface area (Å²) in [5, 5.41) is 13.3. The van der Waals surface area contributed by atoms with Crippen LogP contribution in [0.5, 0.6) is 0 Å². The molecule has 78 valence electrons. The average Bonchev–Trinajstić information content (AvgIpc) is 2.61. The smallest absolute Gasteiger partial charge is 0.233 e. The monoisotopic (exact) mass is 241 g/mol. The van der Waals surface area contributed by atoms with Crippen molar-refractivity contribution in [3.8, 4) is 0 Å². The van der Waals surface area contributed by atoms with Gasteiger partial charge in [0.05, 0.1) is 6.54 Å². The van der Waals surface area contributed by atoms with E-state index in [1.54, 1.807) is 11.3 Å². The van der Waals surface area contributed by atoms with E-state index in [2.05, 4.69) is 0 Å². The zero-order valence-electron chi connectivity index (χ0n) is 7.68. The molecule has 2 rings (SSSR count). The topological polar surface area (TPSA) is 40.5 Å². The first-order valence-corrected chi connectivity index (χ1v) is 5.53. The van der Waals surface area contributed by atoms with E-state index in [0.29, 0.717) is 16.5 Å². The summed E-state index contributed by atoms with van der Waals surface area (Å²) >= 11 is 7.44. The van der Waals surface area contributed by atoms with Gasteiger partial charge in [-0.25, -0.2) is 5.06 Å². The third-order valence-electron chi connectivity index (χ3n) is 2.07. The highest BCUT2D eigenvalue weighted by Gasteiger charge is 2.07. The second-order valence-electron chi connectivity index (χ2n) is 3.10. The van der Waals surface area contributed by atoms with E-state index in [-0.39, 0.29) is 6.54 Å². The van der Waals surface area contributed by atoms with Crippen molar-refractivity contribution in [2.75, 3.05) is 0 Å². The lowest BCUT2D eigenvalue weighted by Crippen LogP contribution is -2.15. The molecule has 1 N–H and O–H groups in total. The van der Waals surface area contributed by atoms with Crippen molar-refractivity contribution in [1.29, 1.82) is 0 Å². The number of rotatable bonds is 3. The molecular formula is C10H8ClNO2S. The molecule has 1 aromatic heterocycles. The second-order valence-corrected chi connectivity index (χ2v) is 4.45. The zero-order valence-corrected chi connectivity index (χ0v) is 9.26. The zero-order chi connectivity index (χ0) is 10.8. The summed E-state index contributed by atoms with van der Waals surface area (Å²) in [6.07, 6.45) is 0.383. The van der Waals surface area contributed by atoms with E-state index in [0.717, 1.165) is 15.6 Å².